The first kappa shape index (κ1) is 20.0. The van der Waals surface area contributed by atoms with Gasteiger partial charge in [0.2, 0.25) is 11.8 Å². The van der Waals surface area contributed by atoms with E-state index in [4.69, 9.17) is 0 Å². The Morgan fingerprint density at radius 3 is 2.38 bits per heavy atom. The summed E-state index contributed by atoms with van der Waals surface area (Å²) >= 11 is 0. The first-order valence-corrected chi connectivity index (χ1v) is 10.4. The van der Waals surface area contributed by atoms with Crippen LogP contribution in [0.5, 0.6) is 0 Å². The molecule has 3 heterocycles. The number of amides is 3. The molecule has 0 unspecified atom stereocenters. The molecule has 0 spiro atoms. The van der Waals surface area contributed by atoms with Crippen LogP contribution in [0.15, 0.2) is 12.1 Å². The van der Waals surface area contributed by atoms with Gasteiger partial charge < -0.3 is 4.90 Å². The summed E-state index contributed by atoms with van der Waals surface area (Å²) in [5.74, 6) is -1.29. The zero-order chi connectivity index (χ0) is 20.9. The summed E-state index contributed by atoms with van der Waals surface area (Å²) in [6, 6.07) is 2.50. The highest BCUT2D eigenvalue weighted by Crippen LogP contribution is 2.36. The van der Waals surface area contributed by atoms with E-state index in [2.05, 4.69) is 31.0 Å². The number of carbonyl (C=O) groups excluding carboxylic acids is 3. The minimum Gasteiger partial charge on any atom is -0.322 e. The molecule has 7 heteroatoms. The fourth-order valence-electron chi connectivity index (χ4n) is 4.78. The molecule has 0 saturated carbocycles. The molecule has 1 N–H and O–H groups in total. The van der Waals surface area contributed by atoms with Gasteiger partial charge in [0, 0.05) is 24.1 Å². The molecule has 156 valence electrons. The zero-order valence-electron chi connectivity index (χ0n) is 17.3. The molecule has 2 fully saturated rings. The third kappa shape index (κ3) is 3.68. The fraction of sp³-hybridized carbons (Fsp3) is 0.591. The lowest BCUT2D eigenvalue weighted by Crippen LogP contribution is -2.52. The lowest BCUT2D eigenvalue weighted by Gasteiger charge is -2.41. The summed E-state index contributed by atoms with van der Waals surface area (Å²) in [5.41, 5.74) is 1.89. The van der Waals surface area contributed by atoms with E-state index in [0.717, 1.165) is 31.5 Å². The van der Waals surface area contributed by atoms with Crippen molar-refractivity contribution < 1.29 is 18.8 Å². The van der Waals surface area contributed by atoms with Crippen LogP contribution in [0, 0.1) is 5.82 Å². The average molecular weight is 401 g/mol. The second kappa shape index (κ2) is 7.20. The van der Waals surface area contributed by atoms with Gasteiger partial charge in [0.05, 0.1) is 0 Å². The van der Waals surface area contributed by atoms with Gasteiger partial charge in [-0.2, -0.15) is 0 Å². The molecule has 0 aliphatic carbocycles. The quantitative estimate of drug-likeness (QED) is 0.774. The SMILES string of the molecule is CC(C)(C)N1CCC(c2cc3c(cc2F)C(=O)N([C@H]2CCC(=O)NC2=O)C3)CC1. The molecular formula is C22H28FN3O3. The molecule has 1 aromatic rings. The van der Waals surface area contributed by atoms with E-state index in [9.17, 15) is 18.8 Å². The third-order valence-electron chi connectivity index (χ3n) is 6.52. The fourth-order valence-corrected chi connectivity index (χ4v) is 4.78. The number of carbonyl (C=O) groups is 3. The van der Waals surface area contributed by atoms with Gasteiger partial charge in [-0.15, -0.1) is 0 Å². The summed E-state index contributed by atoms with van der Waals surface area (Å²) in [4.78, 5) is 40.3. The standard InChI is InChI=1S/C22H28FN3O3/c1-22(2,3)25-8-6-13(7-9-25)15-10-14-12-26(21(29)16(14)11-17(15)23)18-4-5-19(27)24-20(18)28/h10-11,13,18H,4-9,12H2,1-3H3,(H,24,27,28)/t18-/m0/s1. The highest BCUT2D eigenvalue weighted by Gasteiger charge is 2.40. The Hall–Kier alpha value is -2.28. The maximum absolute atomic E-state index is 14.9. The van der Waals surface area contributed by atoms with Crippen LogP contribution < -0.4 is 5.32 Å². The van der Waals surface area contributed by atoms with Gasteiger partial charge in [0.25, 0.3) is 5.91 Å². The third-order valence-corrected chi connectivity index (χ3v) is 6.52. The summed E-state index contributed by atoms with van der Waals surface area (Å²) in [7, 11) is 0. The van der Waals surface area contributed by atoms with E-state index in [1.54, 1.807) is 0 Å². The summed E-state index contributed by atoms with van der Waals surface area (Å²) in [6.45, 7) is 8.71. The van der Waals surface area contributed by atoms with Crippen molar-refractivity contribution in [1.29, 1.82) is 0 Å². The lowest BCUT2D eigenvalue weighted by molar-refractivity contribution is -0.136. The number of nitrogens with one attached hydrogen (secondary N) is 1. The number of hydrogen-bond donors (Lipinski definition) is 1. The molecule has 2 saturated heterocycles. The van der Waals surface area contributed by atoms with Crippen LogP contribution in [-0.2, 0) is 16.1 Å². The van der Waals surface area contributed by atoms with Crippen molar-refractivity contribution in [2.24, 2.45) is 0 Å². The van der Waals surface area contributed by atoms with Crippen LogP contribution in [0.1, 0.15) is 73.9 Å². The molecule has 3 amide bonds. The Morgan fingerprint density at radius 1 is 1.07 bits per heavy atom. The van der Waals surface area contributed by atoms with Gasteiger partial charge in [-0.25, -0.2) is 4.39 Å². The van der Waals surface area contributed by atoms with Crippen LogP contribution in [0.25, 0.3) is 0 Å². The average Bonchev–Trinajstić information content (AvgIpc) is 2.96. The highest BCUT2D eigenvalue weighted by molar-refractivity contribution is 6.05. The van der Waals surface area contributed by atoms with Crippen molar-refractivity contribution in [3.05, 3.63) is 34.6 Å². The van der Waals surface area contributed by atoms with Gasteiger partial charge in [0.1, 0.15) is 11.9 Å². The second-order valence-electron chi connectivity index (χ2n) is 9.36. The van der Waals surface area contributed by atoms with E-state index in [-0.39, 0.29) is 42.1 Å². The number of imide groups is 1. The molecule has 0 aromatic heterocycles. The Balaban J connectivity index is 1.53. The van der Waals surface area contributed by atoms with Gasteiger partial charge >= 0.3 is 0 Å². The highest BCUT2D eigenvalue weighted by atomic mass is 19.1. The van der Waals surface area contributed by atoms with Crippen LogP contribution in [0.4, 0.5) is 4.39 Å². The zero-order valence-corrected chi connectivity index (χ0v) is 17.3. The first-order chi connectivity index (χ1) is 13.6. The maximum atomic E-state index is 14.9. The predicted octanol–water partition coefficient (Wildman–Crippen LogP) is 2.56. The van der Waals surface area contributed by atoms with Crippen LogP contribution in [0.3, 0.4) is 0 Å². The Bertz CT molecular complexity index is 869. The number of rotatable bonds is 2. The number of benzene rings is 1. The van der Waals surface area contributed by atoms with Gasteiger partial charge in [-0.3, -0.25) is 24.6 Å². The predicted molar refractivity (Wildman–Crippen MR) is 106 cm³/mol. The number of nitrogens with zero attached hydrogens (tertiary/aromatic N) is 2. The molecular weight excluding hydrogens is 373 g/mol. The van der Waals surface area contributed by atoms with Gasteiger partial charge in [0.15, 0.2) is 0 Å². The molecule has 0 radical (unpaired) electrons. The minimum absolute atomic E-state index is 0.107. The molecule has 29 heavy (non-hydrogen) atoms. The van der Waals surface area contributed by atoms with Crippen molar-refractivity contribution >= 4 is 17.7 Å². The van der Waals surface area contributed by atoms with E-state index < -0.39 is 11.9 Å². The largest absolute Gasteiger partial charge is 0.322 e. The van der Waals surface area contributed by atoms with Crippen LogP contribution >= 0.6 is 0 Å². The second-order valence-corrected chi connectivity index (χ2v) is 9.36. The molecule has 0 bridgehead atoms. The van der Waals surface area contributed by atoms with E-state index in [1.807, 2.05) is 6.07 Å². The van der Waals surface area contributed by atoms with Crippen LogP contribution in [-0.4, -0.2) is 52.2 Å². The molecule has 3 aliphatic rings. The molecule has 3 aliphatic heterocycles. The van der Waals surface area contributed by atoms with Crippen LogP contribution in [0.2, 0.25) is 0 Å². The van der Waals surface area contributed by atoms with Crippen molar-refractivity contribution in [3.63, 3.8) is 0 Å². The number of likely N-dealkylation sites (tertiary alicyclic amines) is 1. The van der Waals surface area contributed by atoms with Crippen molar-refractivity contribution in [3.8, 4) is 0 Å². The lowest BCUT2D eigenvalue weighted by atomic mass is 9.86. The molecule has 1 aromatic carbocycles. The maximum Gasteiger partial charge on any atom is 0.255 e. The number of halogens is 1. The Kier molecular flexibility index (Phi) is 4.97. The smallest absolute Gasteiger partial charge is 0.255 e. The first-order valence-electron chi connectivity index (χ1n) is 10.4. The Labute approximate surface area is 170 Å². The van der Waals surface area contributed by atoms with E-state index in [0.29, 0.717) is 17.5 Å². The molecule has 6 nitrogen and oxygen atoms in total. The van der Waals surface area contributed by atoms with E-state index >= 15 is 0 Å². The topological polar surface area (TPSA) is 69.7 Å². The van der Waals surface area contributed by atoms with Crippen molar-refractivity contribution in [2.75, 3.05) is 13.1 Å². The van der Waals surface area contributed by atoms with Gasteiger partial charge in [-0.05, 0) is 76.2 Å². The normalized spacial score (nSPS) is 24.1. The summed E-state index contributed by atoms with van der Waals surface area (Å²) < 4.78 is 14.9. The molecule has 1 atom stereocenters. The monoisotopic (exact) mass is 401 g/mol. The Morgan fingerprint density at radius 2 is 1.76 bits per heavy atom. The minimum atomic E-state index is -0.672. The van der Waals surface area contributed by atoms with E-state index in [1.165, 1.54) is 11.0 Å². The number of fused-ring (bicyclic) bond motifs is 1. The summed E-state index contributed by atoms with van der Waals surface area (Å²) in [5, 5.41) is 2.29. The molecule has 4 rings (SSSR count). The van der Waals surface area contributed by atoms with Crippen molar-refractivity contribution in [2.45, 2.75) is 70.5 Å². The van der Waals surface area contributed by atoms with Crippen molar-refractivity contribution in [1.82, 2.24) is 15.1 Å². The number of piperidine rings is 2. The summed E-state index contributed by atoms with van der Waals surface area (Å²) in [6.07, 6.45) is 2.29. The number of hydrogen-bond acceptors (Lipinski definition) is 4. The van der Waals surface area contributed by atoms with Gasteiger partial charge in [-0.1, -0.05) is 6.07 Å².